The van der Waals surface area contributed by atoms with Crippen molar-refractivity contribution >= 4 is 56.9 Å². The predicted octanol–water partition coefficient (Wildman–Crippen LogP) is 5.61. The molecule has 190 valence electrons. The Morgan fingerprint density at radius 1 is 1.28 bits per heavy atom. The Morgan fingerprint density at radius 3 is 2.67 bits per heavy atom. The summed E-state index contributed by atoms with van der Waals surface area (Å²) in [6.07, 6.45) is 1.44. The summed E-state index contributed by atoms with van der Waals surface area (Å²) in [6.45, 7) is 5.28. The molecule has 1 aromatic heterocycles. The van der Waals surface area contributed by atoms with Gasteiger partial charge in [0.25, 0.3) is 5.91 Å². The number of carbonyl (C=O) groups excluding carboxylic acids is 1. The second kappa shape index (κ2) is 12.2. The molecule has 3 rings (SSSR count). The molecule has 2 aromatic carbocycles. The molecule has 36 heavy (non-hydrogen) atoms. The van der Waals surface area contributed by atoms with E-state index in [0.717, 1.165) is 5.56 Å². The van der Waals surface area contributed by atoms with Crippen LogP contribution in [0.25, 0.3) is 0 Å². The molecule has 0 fully saturated rings. The third-order valence-electron chi connectivity index (χ3n) is 4.94. The van der Waals surface area contributed by atoms with Crippen LogP contribution in [0.5, 0.6) is 11.5 Å². The van der Waals surface area contributed by atoms with Crippen LogP contribution < -0.4 is 14.9 Å². The first-order chi connectivity index (χ1) is 17.1. The number of hydrogen-bond acceptors (Lipinski definition) is 7. The Morgan fingerprint density at radius 2 is 2.03 bits per heavy atom. The number of aromatic nitrogens is 2. The second-order valence-corrected chi connectivity index (χ2v) is 9.21. The van der Waals surface area contributed by atoms with E-state index in [9.17, 15) is 14.9 Å². The fourth-order valence-electron chi connectivity index (χ4n) is 3.31. The quantitative estimate of drug-likeness (QED) is 0.184. The van der Waals surface area contributed by atoms with Crippen molar-refractivity contribution in [3.8, 4) is 11.5 Å². The molecule has 10 nitrogen and oxygen atoms in total. The summed E-state index contributed by atoms with van der Waals surface area (Å²) in [6, 6.07) is 8.63. The van der Waals surface area contributed by atoms with Gasteiger partial charge in [0.2, 0.25) is 0 Å². The lowest BCUT2D eigenvalue weighted by atomic mass is 10.2. The highest BCUT2D eigenvalue weighted by Gasteiger charge is 2.22. The minimum Gasteiger partial charge on any atom is -0.490 e. The maximum absolute atomic E-state index is 12.3. The molecule has 1 amide bonds. The highest BCUT2D eigenvalue weighted by atomic mass is 79.9. The van der Waals surface area contributed by atoms with E-state index in [4.69, 9.17) is 32.7 Å². The van der Waals surface area contributed by atoms with Crippen LogP contribution >= 0.6 is 39.1 Å². The molecule has 1 N–H and O–H groups in total. The molecule has 1 heterocycles. The maximum Gasteiger partial charge on any atom is 0.312 e. The fourth-order valence-corrected chi connectivity index (χ4v) is 4.35. The van der Waals surface area contributed by atoms with E-state index in [-0.39, 0.29) is 30.2 Å². The first-order valence-electron chi connectivity index (χ1n) is 10.6. The molecule has 0 spiro atoms. The van der Waals surface area contributed by atoms with Crippen molar-refractivity contribution in [3.05, 3.63) is 77.5 Å². The van der Waals surface area contributed by atoms with Crippen LogP contribution in [-0.4, -0.2) is 33.4 Å². The number of benzene rings is 2. The van der Waals surface area contributed by atoms with E-state index in [1.807, 2.05) is 6.92 Å². The van der Waals surface area contributed by atoms with Crippen LogP contribution in [0.3, 0.4) is 0 Å². The van der Waals surface area contributed by atoms with Gasteiger partial charge in [-0.3, -0.25) is 19.6 Å². The van der Waals surface area contributed by atoms with Crippen molar-refractivity contribution in [3.63, 3.8) is 0 Å². The molecule has 3 aromatic rings. The van der Waals surface area contributed by atoms with E-state index in [2.05, 4.69) is 31.6 Å². The van der Waals surface area contributed by atoms with Gasteiger partial charge in [-0.1, -0.05) is 29.3 Å². The molecular weight excluding hydrogens is 577 g/mol. The average Bonchev–Trinajstić information content (AvgIpc) is 3.07. The Labute approximate surface area is 225 Å². The van der Waals surface area contributed by atoms with Crippen LogP contribution in [-0.2, 0) is 17.9 Å². The molecule has 13 heteroatoms. The van der Waals surface area contributed by atoms with Gasteiger partial charge >= 0.3 is 5.69 Å². The third kappa shape index (κ3) is 6.74. The van der Waals surface area contributed by atoms with Gasteiger partial charge in [-0.2, -0.15) is 10.2 Å². The third-order valence-corrected chi connectivity index (χ3v) is 6.12. The number of aryl methyl sites for hydroxylation is 1. The molecule has 0 saturated heterocycles. The van der Waals surface area contributed by atoms with E-state index < -0.39 is 10.8 Å². The van der Waals surface area contributed by atoms with E-state index >= 15 is 0 Å². The van der Waals surface area contributed by atoms with Crippen molar-refractivity contribution in [2.75, 3.05) is 6.61 Å². The average molecular weight is 599 g/mol. The van der Waals surface area contributed by atoms with Gasteiger partial charge in [-0.05, 0) is 66.5 Å². The zero-order valence-corrected chi connectivity index (χ0v) is 22.6. The summed E-state index contributed by atoms with van der Waals surface area (Å²) < 4.78 is 13.6. The monoisotopic (exact) mass is 597 g/mol. The summed E-state index contributed by atoms with van der Waals surface area (Å²) in [7, 11) is 0. The van der Waals surface area contributed by atoms with Gasteiger partial charge in [0.15, 0.2) is 11.5 Å². The molecular formula is C23H22BrCl2N5O5. The fraction of sp³-hybridized carbons (Fsp3) is 0.261. The molecule has 0 unspecified atom stereocenters. The lowest BCUT2D eigenvalue weighted by Gasteiger charge is -2.15. The highest BCUT2D eigenvalue weighted by Crippen LogP contribution is 2.37. The summed E-state index contributed by atoms with van der Waals surface area (Å²) in [4.78, 5) is 22.9. The van der Waals surface area contributed by atoms with Crippen molar-refractivity contribution in [1.82, 2.24) is 15.2 Å². The van der Waals surface area contributed by atoms with Gasteiger partial charge in [0.05, 0.1) is 22.2 Å². The molecule has 0 saturated carbocycles. The molecule has 0 radical (unpaired) electrons. The number of nitrogens with zero attached hydrogens (tertiary/aromatic N) is 4. The zero-order chi connectivity index (χ0) is 26.4. The second-order valence-electron chi connectivity index (χ2n) is 7.51. The molecule has 0 aliphatic rings. The van der Waals surface area contributed by atoms with Crippen LogP contribution in [0.2, 0.25) is 10.0 Å². The van der Waals surface area contributed by atoms with Crippen molar-refractivity contribution in [2.45, 2.75) is 33.9 Å². The minimum absolute atomic E-state index is 0.111. The number of nitro groups is 1. The van der Waals surface area contributed by atoms with Crippen molar-refractivity contribution < 1.29 is 19.2 Å². The highest BCUT2D eigenvalue weighted by molar-refractivity contribution is 9.10. The number of rotatable bonds is 10. The normalized spacial score (nSPS) is 11.1. The Bertz CT molecular complexity index is 1330. The van der Waals surface area contributed by atoms with Crippen LogP contribution in [0.4, 0.5) is 5.69 Å². The van der Waals surface area contributed by atoms with E-state index in [1.165, 1.54) is 24.7 Å². The number of carbonyl (C=O) groups is 1. The number of ether oxygens (including phenoxy) is 2. The van der Waals surface area contributed by atoms with Crippen LogP contribution in [0.1, 0.15) is 29.4 Å². The van der Waals surface area contributed by atoms with Gasteiger partial charge in [0, 0.05) is 15.6 Å². The van der Waals surface area contributed by atoms with Crippen LogP contribution in [0, 0.1) is 24.0 Å². The first kappa shape index (κ1) is 27.4. The van der Waals surface area contributed by atoms with Gasteiger partial charge in [-0.15, -0.1) is 0 Å². The number of halogens is 3. The summed E-state index contributed by atoms with van der Waals surface area (Å²) in [5, 5.41) is 20.2. The number of hydrazone groups is 1. The number of amides is 1. The lowest BCUT2D eigenvalue weighted by molar-refractivity contribution is -0.386. The van der Waals surface area contributed by atoms with Gasteiger partial charge in [-0.25, -0.2) is 5.43 Å². The van der Waals surface area contributed by atoms with Gasteiger partial charge < -0.3 is 9.47 Å². The first-order valence-corrected chi connectivity index (χ1v) is 12.2. The predicted molar refractivity (Wildman–Crippen MR) is 140 cm³/mol. The zero-order valence-electron chi connectivity index (χ0n) is 19.5. The minimum atomic E-state index is -0.518. The van der Waals surface area contributed by atoms with Crippen molar-refractivity contribution in [1.29, 1.82) is 0 Å². The number of nitrogens with one attached hydrogen (secondary N) is 1. The van der Waals surface area contributed by atoms with Crippen LogP contribution in [0.15, 0.2) is 39.9 Å². The SMILES string of the molecule is CCOc1cc(C=NNC(=O)Cn2nc(C)c([N+](=O)[O-])c2C)cc(Br)c1OCc1ccc(Cl)cc1Cl. The lowest BCUT2D eigenvalue weighted by Crippen LogP contribution is -2.24. The Balaban J connectivity index is 1.69. The number of hydrogen-bond donors (Lipinski definition) is 1. The van der Waals surface area contributed by atoms with E-state index in [1.54, 1.807) is 30.3 Å². The maximum atomic E-state index is 12.3. The van der Waals surface area contributed by atoms with Gasteiger partial charge in [0.1, 0.15) is 24.5 Å². The topological polar surface area (TPSA) is 121 Å². The van der Waals surface area contributed by atoms with E-state index in [0.29, 0.717) is 38.2 Å². The molecule has 0 aliphatic heterocycles. The summed E-state index contributed by atoms with van der Waals surface area (Å²) in [5.74, 6) is 0.463. The smallest absolute Gasteiger partial charge is 0.312 e. The van der Waals surface area contributed by atoms with Crippen molar-refractivity contribution in [2.24, 2.45) is 5.10 Å². The largest absolute Gasteiger partial charge is 0.490 e. The molecule has 0 atom stereocenters. The molecule has 0 bridgehead atoms. The summed E-state index contributed by atoms with van der Waals surface area (Å²) >= 11 is 15.7. The Hall–Kier alpha value is -3.15. The summed E-state index contributed by atoms with van der Waals surface area (Å²) in [5.41, 5.74) is 4.20. The molecule has 0 aliphatic carbocycles. The standard InChI is InChI=1S/C23H22BrCl2N5O5/c1-4-35-20-8-15(7-18(24)23(20)36-12-16-5-6-17(25)9-19(16)26)10-27-28-21(32)11-30-14(3)22(31(33)34)13(2)29-30/h5-10H,4,11-12H2,1-3H3,(H,28,32). The Kier molecular flexibility index (Phi) is 9.30.